The molecule has 1 fully saturated rings. The monoisotopic (exact) mass is 557 g/mol. The fraction of sp³-hybridized carbons (Fsp3) is 0.500. The number of carbonyl (C=O) groups excluding carboxylic acids is 2. The summed E-state index contributed by atoms with van der Waals surface area (Å²) in [6.45, 7) is 11.3. The number of fused-ring (bicyclic) bond motifs is 1. The molecule has 0 saturated heterocycles. The third kappa shape index (κ3) is 8.19. The van der Waals surface area contributed by atoms with E-state index < -0.39 is 0 Å². The smallest absolute Gasteiger partial charge is 0.338 e. The Bertz CT molecular complexity index is 1300. The van der Waals surface area contributed by atoms with Gasteiger partial charge in [-0.1, -0.05) is 82.4 Å². The molecular weight excluding hydrogens is 510 g/mol. The molecule has 3 aromatic rings. The summed E-state index contributed by atoms with van der Waals surface area (Å²) in [5, 5.41) is 0.692. The van der Waals surface area contributed by atoms with Gasteiger partial charge in [-0.3, -0.25) is 9.69 Å². The van der Waals surface area contributed by atoms with E-state index in [0.717, 1.165) is 56.6 Å². The molecule has 0 atom stereocenters. The Balaban J connectivity index is 1.59. The van der Waals surface area contributed by atoms with Crippen molar-refractivity contribution >= 4 is 28.8 Å². The number of rotatable bonds is 14. The molecule has 0 spiro atoms. The Morgan fingerprint density at radius 2 is 1.61 bits per heavy atom. The van der Waals surface area contributed by atoms with Crippen LogP contribution in [0.15, 0.2) is 53.0 Å². The minimum atomic E-state index is -0.389. The molecule has 0 aliphatic heterocycles. The van der Waals surface area contributed by atoms with Crippen LogP contribution in [0.4, 0.5) is 0 Å². The van der Waals surface area contributed by atoms with Gasteiger partial charge in [-0.05, 0) is 76.4 Å². The van der Waals surface area contributed by atoms with Crippen molar-refractivity contribution in [3.8, 4) is 0 Å². The van der Waals surface area contributed by atoms with Crippen molar-refractivity contribution in [2.75, 3.05) is 19.6 Å². The lowest BCUT2D eigenvalue weighted by Crippen LogP contribution is -2.26. The van der Waals surface area contributed by atoms with Crippen LogP contribution in [0.25, 0.3) is 17.0 Å². The third-order valence-electron chi connectivity index (χ3n) is 8.00. The van der Waals surface area contributed by atoms with Crippen LogP contribution in [0, 0.1) is 0 Å². The van der Waals surface area contributed by atoms with Crippen molar-refractivity contribution in [2.24, 2.45) is 0 Å². The Hall–Kier alpha value is -3.18. The maximum absolute atomic E-state index is 14.1. The van der Waals surface area contributed by atoms with Crippen molar-refractivity contribution in [1.29, 1.82) is 0 Å². The Kier molecular flexibility index (Phi) is 11.4. The molecule has 1 aliphatic rings. The number of unbranched alkanes of at least 4 members (excludes halogenated alkanes) is 2. The lowest BCUT2D eigenvalue weighted by Gasteiger charge is -2.20. The molecule has 1 heterocycles. The van der Waals surface area contributed by atoms with E-state index in [1.165, 1.54) is 32.1 Å². The number of benzene rings is 2. The van der Waals surface area contributed by atoms with Gasteiger partial charge in [0, 0.05) is 23.4 Å². The zero-order valence-electron chi connectivity index (χ0n) is 25.4. The molecule has 0 amide bonds. The average Bonchev–Trinajstić information content (AvgIpc) is 3.37. The van der Waals surface area contributed by atoms with Crippen LogP contribution < -0.4 is 0 Å². The topological polar surface area (TPSA) is 59.8 Å². The van der Waals surface area contributed by atoms with Crippen molar-refractivity contribution in [1.82, 2.24) is 4.90 Å². The largest absolute Gasteiger partial charge is 0.460 e. The molecule has 4 rings (SSSR count). The molecule has 5 heteroatoms. The maximum Gasteiger partial charge on any atom is 0.338 e. The van der Waals surface area contributed by atoms with Crippen LogP contribution in [0.3, 0.4) is 0 Å². The molecule has 1 aliphatic carbocycles. The van der Waals surface area contributed by atoms with E-state index in [2.05, 4.69) is 30.9 Å². The number of ether oxygens (including phenoxy) is 1. The quantitative estimate of drug-likeness (QED) is 0.146. The molecular formula is C36H47NO4. The summed E-state index contributed by atoms with van der Waals surface area (Å²) < 4.78 is 11.8. The van der Waals surface area contributed by atoms with Crippen LogP contribution in [0.2, 0.25) is 0 Å². The number of nitrogens with zero attached hydrogens (tertiary/aromatic N) is 1. The minimum Gasteiger partial charge on any atom is -0.460 e. The van der Waals surface area contributed by atoms with Gasteiger partial charge in [0.1, 0.15) is 11.3 Å². The van der Waals surface area contributed by atoms with Crippen molar-refractivity contribution in [3.63, 3.8) is 0 Å². The van der Waals surface area contributed by atoms with Gasteiger partial charge in [-0.15, -0.1) is 0 Å². The van der Waals surface area contributed by atoms with Gasteiger partial charge >= 0.3 is 5.97 Å². The van der Waals surface area contributed by atoms with Crippen molar-refractivity contribution in [2.45, 2.75) is 97.5 Å². The van der Waals surface area contributed by atoms with Crippen LogP contribution in [-0.4, -0.2) is 42.4 Å². The highest BCUT2D eigenvalue weighted by Gasteiger charge is 2.29. The number of ketones is 1. The molecule has 0 bridgehead atoms. The van der Waals surface area contributed by atoms with E-state index in [1.807, 2.05) is 38.1 Å². The lowest BCUT2D eigenvalue weighted by molar-refractivity contribution is 0.0378. The summed E-state index contributed by atoms with van der Waals surface area (Å²) >= 11 is 0. The molecule has 2 aromatic carbocycles. The summed E-state index contributed by atoms with van der Waals surface area (Å²) in [7, 11) is 0. The van der Waals surface area contributed by atoms with E-state index in [0.29, 0.717) is 27.7 Å². The molecule has 0 radical (unpaired) electrons. The molecule has 41 heavy (non-hydrogen) atoms. The van der Waals surface area contributed by atoms with E-state index in [4.69, 9.17) is 9.15 Å². The maximum atomic E-state index is 14.1. The second kappa shape index (κ2) is 15.2. The third-order valence-corrected chi connectivity index (χ3v) is 8.00. The predicted octanol–water partition coefficient (Wildman–Crippen LogP) is 9.19. The molecule has 1 saturated carbocycles. The summed E-state index contributed by atoms with van der Waals surface area (Å²) in [6, 6.07) is 13.1. The Morgan fingerprint density at radius 3 is 2.24 bits per heavy atom. The Morgan fingerprint density at radius 1 is 0.951 bits per heavy atom. The summed E-state index contributed by atoms with van der Waals surface area (Å²) in [4.78, 5) is 29.3. The first kappa shape index (κ1) is 30.8. The summed E-state index contributed by atoms with van der Waals surface area (Å²) in [5.41, 5.74) is 3.38. The molecule has 0 N–H and O–H groups in total. The lowest BCUT2D eigenvalue weighted by atomic mass is 9.84. The first-order valence-electron chi connectivity index (χ1n) is 15.7. The van der Waals surface area contributed by atoms with Gasteiger partial charge in [0.05, 0.1) is 17.2 Å². The highest BCUT2D eigenvalue weighted by molar-refractivity contribution is 6.17. The van der Waals surface area contributed by atoms with E-state index >= 15 is 0 Å². The van der Waals surface area contributed by atoms with Crippen LogP contribution in [0.1, 0.15) is 129 Å². The van der Waals surface area contributed by atoms with Gasteiger partial charge in [-0.2, -0.15) is 0 Å². The average molecular weight is 558 g/mol. The second-order valence-electron chi connectivity index (χ2n) is 11.7. The highest BCUT2D eigenvalue weighted by Crippen LogP contribution is 2.40. The van der Waals surface area contributed by atoms with E-state index in [1.54, 1.807) is 18.2 Å². The van der Waals surface area contributed by atoms with Crippen LogP contribution >= 0.6 is 0 Å². The zero-order valence-corrected chi connectivity index (χ0v) is 25.4. The molecule has 5 nitrogen and oxygen atoms in total. The van der Waals surface area contributed by atoms with E-state index in [-0.39, 0.29) is 23.8 Å². The number of hydrogen-bond acceptors (Lipinski definition) is 5. The second-order valence-corrected chi connectivity index (χ2v) is 11.7. The summed E-state index contributed by atoms with van der Waals surface area (Å²) in [5.74, 6) is 0.536. The summed E-state index contributed by atoms with van der Waals surface area (Å²) in [6.07, 6.45) is 14.5. The molecule has 0 unspecified atom stereocenters. The molecule has 220 valence electrons. The minimum absolute atomic E-state index is 0.0560. The first-order chi connectivity index (χ1) is 19.9. The number of carbonyl (C=O) groups is 2. The number of hydrogen-bond donors (Lipinski definition) is 0. The van der Waals surface area contributed by atoms with Crippen LogP contribution in [-0.2, 0) is 4.74 Å². The van der Waals surface area contributed by atoms with Gasteiger partial charge in [0.2, 0.25) is 0 Å². The standard InChI is InChI=1S/C36H47NO4/c1-5-7-22-37(23-8-6-2)24-12-13-27-16-18-28(19-17-27)34(38)33-31-25-30(36(39)40-26(3)4)20-21-32(31)41-35(33)29-14-10-9-11-15-29/h12-13,16-21,25-26,29H,5-11,14-15,22-24H2,1-4H3. The Labute approximate surface area is 245 Å². The molecule has 1 aromatic heterocycles. The normalized spacial score (nSPS) is 14.5. The van der Waals surface area contributed by atoms with Gasteiger partial charge < -0.3 is 9.15 Å². The fourth-order valence-corrected chi connectivity index (χ4v) is 5.70. The fourth-order valence-electron chi connectivity index (χ4n) is 5.70. The number of furan rings is 1. The van der Waals surface area contributed by atoms with Gasteiger partial charge in [0.15, 0.2) is 5.78 Å². The predicted molar refractivity (Wildman–Crippen MR) is 168 cm³/mol. The number of esters is 1. The van der Waals surface area contributed by atoms with Crippen molar-refractivity contribution < 1.29 is 18.7 Å². The van der Waals surface area contributed by atoms with E-state index in [9.17, 15) is 9.59 Å². The van der Waals surface area contributed by atoms with Gasteiger partial charge in [-0.25, -0.2) is 4.79 Å². The van der Waals surface area contributed by atoms with Crippen molar-refractivity contribution in [3.05, 3.63) is 76.6 Å². The first-order valence-corrected chi connectivity index (χ1v) is 15.7. The zero-order chi connectivity index (χ0) is 29.2. The highest BCUT2D eigenvalue weighted by atomic mass is 16.5. The SMILES string of the molecule is CCCCN(CC=Cc1ccc(C(=O)c2c(C3CCCCC3)oc3ccc(C(=O)OC(C)C)cc23)cc1)CCCC. The van der Waals surface area contributed by atoms with Gasteiger partial charge in [0.25, 0.3) is 0 Å². The van der Waals surface area contributed by atoms with Crippen LogP contribution in [0.5, 0.6) is 0 Å².